The lowest BCUT2D eigenvalue weighted by molar-refractivity contribution is -0.199. The Labute approximate surface area is 175 Å². The lowest BCUT2D eigenvalue weighted by Gasteiger charge is -2.22. The van der Waals surface area contributed by atoms with Crippen LogP contribution in [0.15, 0.2) is 11.1 Å². The lowest BCUT2D eigenvalue weighted by atomic mass is 10.2. The van der Waals surface area contributed by atoms with Crippen molar-refractivity contribution in [2.45, 2.75) is 24.6 Å². The molecular weight excluding hydrogens is 510 g/mol. The monoisotopic (exact) mass is 525 g/mol. The molecule has 1 aliphatic rings. The Kier molecular flexibility index (Phi) is 6.51. The predicted molar refractivity (Wildman–Crippen MR) is 97.0 cm³/mol. The third-order valence-corrected chi connectivity index (χ3v) is 7.63. The molecular formula is C10H15FN5O13P3. The molecule has 0 saturated carbocycles. The van der Waals surface area contributed by atoms with Gasteiger partial charge in [0.2, 0.25) is 5.95 Å². The number of ether oxygens (including phenoxy) is 1. The number of aromatic amines is 1. The Hall–Kier alpha value is -1.59. The Morgan fingerprint density at radius 3 is 2.56 bits per heavy atom. The number of H-pyrrole nitrogens is 1. The molecule has 0 bridgehead atoms. The Bertz CT molecular complexity index is 1230. The highest BCUT2D eigenvalue weighted by Gasteiger charge is 2.50. The molecule has 8 N–H and O–H groups in total. The zero-order chi connectivity index (χ0) is 24.1. The van der Waals surface area contributed by atoms with Crippen LogP contribution in [-0.4, -0.2) is 63.0 Å². The first-order valence-corrected chi connectivity index (χ1v) is 12.6. The minimum Gasteiger partial charge on any atom is -0.390 e. The van der Waals surface area contributed by atoms with Crippen molar-refractivity contribution >= 4 is 40.6 Å². The molecule has 180 valence electrons. The number of phosphoric acid groups is 3. The van der Waals surface area contributed by atoms with Gasteiger partial charge < -0.3 is 35.2 Å². The summed E-state index contributed by atoms with van der Waals surface area (Å²) in [6.45, 7) is -1.10. The van der Waals surface area contributed by atoms with E-state index in [0.29, 0.717) is 4.57 Å². The SMILES string of the molecule is Nc1nc2c(ncn2[C@@]2(F)C[C@H](O)[C@@H](COP(=O)(O)OP(=O)(O)OP(=O)(O)O)O2)c(=O)[nH]1. The van der Waals surface area contributed by atoms with Crippen LogP contribution in [0.25, 0.3) is 11.2 Å². The number of nitrogen functional groups attached to an aromatic ring is 1. The molecule has 1 saturated heterocycles. The number of anilines is 1. The smallest absolute Gasteiger partial charge is 0.390 e. The number of phosphoric ester groups is 1. The lowest BCUT2D eigenvalue weighted by Crippen LogP contribution is -2.30. The number of alkyl halides is 1. The summed E-state index contributed by atoms with van der Waals surface area (Å²) in [4.78, 5) is 56.9. The third-order valence-electron chi connectivity index (χ3n) is 3.82. The molecule has 2 unspecified atom stereocenters. The molecule has 1 fully saturated rings. The van der Waals surface area contributed by atoms with Gasteiger partial charge in [-0.1, -0.05) is 0 Å². The fraction of sp³-hybridized carbons (Fsp3) is 0.500. The molecule has 22 heteroatoms. The average Bonchev–Trinajstić information content (AvgIpc) is 3.11. The van der Waals surface area contributed by atoms with Crippen molar-refractivity contribution in [1.82, 2.24) is 19.5 Å². The van der Waals surface area contributed by atoms with Gasteiger partial charge in [0.1, 0.15) is 12.4 Å². The first-order chi connectivity index (χ1) is 14.5. The zero-order valence-electron chi connectivity index (χ0n) is 15.3. The quantitative estimate of drug-likeness (QED) is 0.199. The van der Waals surface area contributed by atoms with Crippen molar-refractivity contribution in [3.8, 4) is 0 Å². The van der Waals surface area contributed by atoms with Gasteiger partial charge in [0.15, 0.2) is 11.2 Å². The van der Waals surface area contributed by atoms with E-state index in [9.17, 15) is 28.5 Å². The van der Waals surface area contributed by atoms with Crippen LogP contribution in [0.2, 0.25) is 0 Å². The maximum absolute atomic E-state index is 15.4. The van der Waals surface area contributed by atoms with E-state index in [-0.39, 0.29) is 17.1 Å². The van der Waals surface area contributed by atoms with E-state index in [1.54, 1.807) is 0 Å². The zero-order valence-corrected chi connectivity index (χ0v) is 18.0. The summed E-state index contributed by atoms with van der Waals surface area (Å²) in [6, 6.07) is 0. The molecule has 0 radical (unpaired) electrons. The largest absolute Gasteiger partial charge is 0.490 e. The molecule has 2 aromatic heterocycles. The number of hydrogen-bond acceptors (Lipinski definition) is 12. The first-order valence-electron chi connectivity index (χ1n) is 8.07. The summed E-state index contributed by atoms with van der Waals surface area (Å²) in [7, 11) is -16.9. The Morgan fingerprint density at radius 2 is 1.94 bits per heavy atom. The number of aliphatic hydroxyl groups excluding tert-OH is 1. The molecule has 2 aromatic rings. The van der Waals surface area contributed by atoms with E-state index in [2.05, 4.69) is 28.1 Å². The van der Waals surface area contributed by atoms with Crippen LogP contribution in [0.3, 0.4) is 0 Å². The van der Waals surface area contributed by atoms with Crippen LogP contribution in [-0.2, 0) is 37.6 Å². The van der Waals surface area contributed by atoms with Gasteiger partial charge in [-0.2, -0.15) is 18.0 Å². The van der Waals surface area contributed by atoms with Crippen LogP contribution in [0.5, 0.6) is 0 Å². The van der Waals surface area contributed by atoms with E-state index in [1.165, 1.54) is 0 Å². The molecule has 1 aliphatic heterocycles. The van der Waals surface area contributed by atoms with Gasteiger partial charge in [-0.25, -0.2) is 18.7 Å². The maximum Gasteiger partial charge on any atom is 0.490 e. The van der Waals surface area contributed by atoms with Crippen molar-refractivity contribution in [3.05, 3.63) is 16.7 Å². The van der Waals surface area contributed by atoms with Crippen molar-refractivity contribution in [3.63, 3.8) is 0 Å². The van der Waals surface area contributed by atoms with E-state index in [4.69, 9.17) is 25.2 Å². The maximum atomic E-state index is 15.4. The molecule has 0 aliphatic carbocycles. The summed E-state index contributed by atoms with van der Waals surface area (Å²) in [6.07, 6.45) is -3.30. The minimum atomic E-state index is -5.76. The molecule has 18 nitrogen and oxygen atoms in total. The molecule has 3 heterocycles. The third kappa shape index (κ3) is 5.66. The number of rotatable bonds is 8. The second-order valence-corrected chi connectivity index (χ2v) is 10.7. The molecule has 32 heavy (non-hydrogen) atoms. The second-order valence-electron chi connectivity index (χ2n) is 6.24. The summed E-state index contributed by atoms with van der Waals surface area (Å²) in [5.41, 5.74) is 4.00. The number of aromatic nitrogens is 4. The number of halogens is 1. The van der Waals surface area contributed by atoms with E-state index in [1.807, 2.05) is 0 Å². The second kappa shape index (κ2) is 8.32. The van der Waals surface area contributed by atoms with E-state index < -0.39 is 60.2 Å². The molecule has 5 atom stereocenters. The highest BCUT2D eigenvalue weighted by molar-refractivity contribution is 7.66. The van der Waals surface area contributed by atoms with Crippen molar-refractivity contribution in [1.29, 1.82) is 0 Å². The van der Waals surface area contributed by atoms with Gasteiger partial charge in [-0.05, 0) is 0 Å². The summed E-state index contributed by atoms with van der Waals surface area (Å²) >= 11 is 0. The van der Waals surface area contributed by atoms with Gasteiger partial charge in [0, 0.05) is 0 Å². The van der Waals surface area contributed by atoms with Gasteiger partial charge in [0.05, 0.1) is 19.1 Å². The number of nitrogens with one attached hydrogen (secondary N) is 1. The fourth-order valence-electron chi connectivity index (χ4n) is 2.69. The van der Waals surface area contributed by atoms with Crippen LogP contribution in [0, 0.1) is 0 Å². The number of aliphatic hydroxyl groups is 1. The topological polar surface area (TPSA) is 279 Å². The Morgan fingerprint density at radius 1 is 1.28 bits per heavy atom. The van der Waals surface area contributed by atoms with E-state index in [0.717, 1.165) is 6.33 Å². The number of nitrogens with zero attached hydrogens (tertiary/aromatic N) is 3. The standard InChI is InChI=1S/C10H15FN5O13P3/c11-10(16-3-13-6-7(16)14-9(12)15-8(6)18)1-4(17)5(27-10)2-26-31(22,23)29-32(24,25)28-30(19,20)21/h3-5,17H,1-2H2,(H,22,23)(H,24,25)(H2,19,20,21)(H3,12,14,15,18)/t4-,5+,10-/m0/s1. The number of hydrogen-bond donors (Lipinski definition) is 7. The van der Waals surface area contributed by atoms with Gasteiger partial charge in [0.25, 0.3) is 11.5 Å². The van der Waals surface area contributed by atoms with Crippen molar-refractivity contribution < 1.29 is 60.6 Å². The number of nitrogens with two attached hydrogens (primary N) is 1. The van der Waals surface area contributed by atoms with Gasteiger partial charge in [-0.15, -0.1) is 0 Å². The van der Waals surface area contributed by atoms with Crippen molar-refractivity contribution in [2.75, 3.05) is 12.3 Å². The molecule has 3 rings (SSSR count). The number of fused-ring (bicyclic) bond motifs is 1. The summed E-state index contributed by atoms with van der Waals surface area (Å²) in [5.74, 6) is -3.23. The molecule has 0 aromatic carbocycles. The average molecular weight is 525 g/mol. The van der Waals surface area contributed by atoms with Crippen LogP contribution < -0.4 is 11.3 Å². The van der Waals surface area contributed by atoms with E-state index >= 15 is 4.39 Å². The fourth-order valence-corrected chi connectivity index (χ4v) is 5.72. The summed E-state index contributed by atoms with van der Waals surface area (Å²) < 4.78 is 66.1. The van der Waals surface area contributed by atoms with Crippen LogP contribution in [0.1, 0.15) is 6.42 Å². The van der Waals surface area contributed by atoms with Gasteiger partial charge >= 0.3 is 23.5 Å². The van der Waals surface area contributed by atoms with Gasteiger partial charge in [-0.3, -0.25) is 18.9 Å². The highest BCUT2D eigenvalue weighted by Crippen LogP contribution is 2.66. The minimum absolute atomic E-state index is 0.300. The van der Waals surface area contributed by atoms with Crippen LogP contribution >= 0.6 is 23.5 Å². The molecule has 0 amide bonds. The van der Waals surface area contributed by atoms with Crippen molar-refractivity contribution in [2.24, 2.45) is 0 Å². The highest BCUT2D eigenvalue weighted by atomic mass is 31.3. The summed E-state index contributed by atoms with van der Waals surface area (Å²) in [5, 5.41) is 10.1. The first kappa shape index (κ1) is 25.0. The molecule has 0 spiro atoms. The number of imidazole rings is 1. The predicted octanol–water partition coefficient (Wildman–Crippen LogP) is -1.23. The van der Waals surface area contributed by atoms with Crippen LogP contribution in [0.4, 0.5) is 10.3 Å². The normalized spacial score (nSPS) is 27.9. The Balaban J connectivity index is 1.73.